The van der Waals surface area contributed by atoms with Gasteiger partial charge in [0.2, 0.25) is 0 Å². The molecule has 2 atom stereocenters. The first-order valence-electron chi connectivity index (χ1n) is 6.36. The molecule has 2 aromatic rings. The summed E-state index contributed by atoms with van der Waals surface area (Å²) in [7, 11) is -3.25. The van der Waals surface area contributed by atoms with Crippen LogP contribution < -0.4 is 0 Å². The van der Waals surface area contributed by atoms with E-state index in [4.69, 9.17) is 0 Å². The molecule has 19 heavy (non-hydrogen) atoms. The molecule has 0 N–H and O–H groups in total. The fraction of sp³-hybridized carbons (Fsp3) is 0.250. The normalized spacial score (nSPS) is 14.8. The first kappa shape index (κ1) is 13.8. The van der Waals surface area contributed by atoms with Crippen LogP contribution in [-0.4, -0.2) is 8.42 Å². The van der Waals surface area contributed by atoms with Crippen molar-refractivity contribution in [2.75, 3.05) is 0 Å². The fourth-order valence-electron chi connectivity index (χ4n) is 2.13. The number of hydrogen-bond acceptors (Lipinski definition) is 2. The second kappa shape index (κ2) is 5.57. The van der Waals surface area contributed by atoms with E-state index in [2.05, 4.69) is 0 Å². The van der Waals surface area contributed by atoms with Crippen molar-refractivity contribution >= 4 is 9.84 Å². The molecule has 0 fully saturated rings. The topological polar surface area (TPSA) is 34.1 Å². The zero-order valence-electron chi connectivity index (χ0n) is 11.2. The number of hydrogen-bond donors (Lipinski definition) is 0. The first-order valence-corrected chi connectivity index (χ1v) is 7.97. The molecule has 2 nitrogen and oxygen atoms in total. The maximum atomic E-state index is 12.6. The van der Waals surface area contributed by atoms with Crippen LogP contribution in [0, 0.1) is 0 Å². The smallest absolute Gasteiger partial charge is 0.163 e. The molecule has 2 rings (SSSR count). The van der Waals surface area contributed by atoms with Gasteiger partial charge < -0.3 is 0 Å². The zero-order valence-corrected chi connectivity index (χ0v) is 12.0. The maximum Gasteiger partial charge on any atom is 0.163 e. The van der Waals surface area contributed by atoms with Crippen molar-refractivity contribution < 1.29 is 8.42 Å². The molecule has 0 aliphatic heterocycles. The lowest BCUT2D eigenvalue weighted by atomic mass is 10.2. The van der Waals surface area contributed by atoms with Crippen molar-refractivity contribution in [1.82, 2.24) is 0 Å². The van der Waals surface area contributed by atoms with Crippen LogP contribution in [0.25, 0.3) is 0 Å². The molecule has 2 unspecified atom stereocenters. The lowest BCUT2D eigenvalue weighted by molar-refractivity contribution is 0.576. The lowest BCUT2D eigenvalue weighted by Gasteiger charge is -2.19. The third-order valence-electron chi connectivity index (χ3n) is 3.52. The summed E-state index contributed by atoms with van der Waals surface area (Å²) < 4.78 is 25.3. The fourth-order valence-corrected chi connectivity index (χ4v) is 3.82. The van der Waals surface area contributed by atoms with Crippen molar-refractivity contribution in [2.24, 2.45) is 0 Å². The van der Waals surface area contributed by atoms with Gasteiger partial charge in [-0.1, -0.05) is 60.7 Å². The quantitative estimate of drug-likeness (QED) is 0.846. The van der Waals surface area contributed by atoms with Gasteiger partial charge >= 0.3 is 0 Å². The molecule has 0 aliphatic carbocycles. The highest BCUT2D eigenvalue weighted by molar-refractivity contribution is 7.91. The van der Waals surface area contributed by atoms with E-state index in [0.717, 1.165) is 11.1 Å². The molecule has 2 aromatic carbocycles. The predicted octanol–water partition coefficient (Wildman–Crippen LogP) is 3.92. The summed E-state index contributed by atoms with van der Waals surface area (Å²) in [4.78, 5) is 0. The standard InChI is InChI=1S/C16H18O2S/c1-13(15-9-5-3-6-10-15)19(17,18)14(2)16-11-7-4-8-12-16/h3-14H,1-2H3. The summed E-state index contributed by atoms with van der Waals surface area (Å²) >= 11 is 0. The van der Waals surface area contributed by atoms with Gasteiger partial charge in [-0.2, -0.15) is 0 Å². The summed E-state index contributed by atoms with van der Waals surface area (Å²) in [6.07, 6.45) is 0. The minimum Gasteiger partial charge on any atom is -0.228 e. The Labute approximate surface area is 115 Å². The van der Waals surface area contributed by atoms with Crippen molar-refractivity contribution in [3.63, 3.8) is 0 Å². The van der Waals surface area contributed by atoms with Crippen LogP contribution in [0.4, 0.5) is 0 Å². The Balaban J connectivity index is 2.33. The Hall–Kier alpha value is -1.61. The van der Waals surface area contributed by atoms with Crippen LogP contribution >= 0.6 is 0 Å². The molecule has 0 aliphatic rings. The summed E-state index contributed by atoms with van der Waals surface area (Å²) in [6, 6.07) is 18.7. The Morgan fingerprint density at radius 2 is 1.00 bits per heavy atom. The second-order valence-corrected chi connectivity index (χ2v) is 7.29. The van der Waals surface area contributed by atoms with Gasteiger partial charge in [0.05, 0.1) is 10.5 Å². The van der Waals surface area contributed by atoms with E-state index in [1.807, 2.05) is 60.7 Å². The third-order valence-corrected chi connectivity index (χ3v) is 6.04. The van der Waals surface area contributed by atoms with E-state index in [1.54, 1.807) is 13.8 Å². The summed E-state index contributed by atoms with van der Waals surface area (Å²) in [6.45, 7) is 3.51. The van der Waals surface area contributed by atoms with Gasteiger partial charge in [-0.3, -0.25) is 0 Å². The molecule has 0 saturated carbocycles. The van der Waals surface area contributed by atoms with Gasteiger partial charge in [-0.15, -0.1) is 0 Å². The van der Waals surface area contributed by atoms with Crippen LogP contribution in [-0.2, 0) is 9.84 Å². The molecule has 0 radical (unpaired) electrons. The van der Waals surface area contributed by atoms with E-state index in [0.29, 0.717) is 0 Å². The van der Waals surface area contributed by atoms with Crippen molar-refractivity contribution in [2.45, 2.75) is 24.3 Å². The molecule has 100 valence electrons. The Morgan fingerprint density at radius 3 is 1.32 bits per heavy atom. The molecule has 0 bridgehead atoms. The van der Waals surface area contributed by atoms with E-state index in [9.17, 15) is 8.42 Å². The SMILES string of the molecule is CC(c1ccccc1)S(=O)(=O)C(C)c1ccccc1. The molecular weight excluding hydrogens is 256 g/mol. The monoisotopic (exact) mass is 274 g/mol. The van der Waals surface area contributed by atoms with Gasteiger partial charge in [0.25, 0.3) is 0 Å². The van der Waals surface area contributed by atoms with Crippen LogP contribution in [0.15, 0.2) is 60.7 Å². The van der Waals surface area contributed by atoms with Gasteiger partial charge in [-0.25, -0.2) is 8.42 Å². The van der Waals surface area contributed by atoms with Crippen LogP contribution in [0.1, 0.15) is 35.5 Å². The van der Waals surface area contributed by atoms with Crippen molar-refractivity contribution in [3.05, 3.63) is 71.8 Å². The van der Waals surface area contributed by atoms with Gasteiger partial charge in [0, 0.05) is 0 Å². The van der Waals surface area contributed by atoms with Gasteiger partial charge in [0.1, 0.15) is 0 Å². The third kappa shape index (κ3) is 2.87. The maximum absolute atomic E-state index is 12.6. The van der Waals surface area contributed by atoms with Crippen LogP contribution in [0.3, 0.4) is 0 Å². The largest absolute Gasteiger partial charge is 0.228 e. The summed E-state index contributed by atoms with van der Waals surface area (Å²) in [5, 5.41) is -0.993. The number of rotatable bonds is 4. The Morgan fingerprint density at radius 1 is 0.684 bits per heavy atom. The summed E-state index contributed by atoms with van der Waals surface area (Å²) in [5.74, 6) is 0. The highest BCUT2D eigenvalue weighted by Gasteiger charge is 2.29. The average Bonchev–Trinajstić information content (AvgIpc) is 2.47. The van der Waals surface area contributed by atoms with E-state index >= 15 is 0 Å². The van der Waals surface area contributed by atoms with Gasteiger partial charge in [0.15, 0.2) is 9.84 Å². The number of benzene rings is 2. The van der Waals surface area contributed by atoms with E-state index in [-0.39, 0.29) is 0 Å². The average molecular weight is 274 g/mol. The predicted molar refractivity (Wildman–Crippen MR) is 78.6 cm³/mol. The summed E-state index contributed by atoms with van der Waals surface area (Å²) in [5.41, 5.74) is 1.68. The first-order chi connectivity index (χ1) is 9.03. The minimum atomic E-state index is -3.25. The molecule has 3 heteroatoms. The lowest BCUT2D eigenvalue weighted by Crippen LogP contribution is -2.17. The Bertz CT molecular complexity index is 567. The highest BCUT2D eigenvalue weighted by Crippen LogP contribution is 2.33. The zero-order chi connectivity index (χ0) is 13.9. The molecule has 0 amide bonds. The Kier molecular flexibility index (Phi) is 4.05. The van der Waals surface area contributed by atoms with Gasteiger partial charge in [-0.05, 0) is 25.0 Å². The molecule has 0 spiro atoms. The van der Waals surface area contributed by atoms with Crippen LogP contribution in [0.5, 0.6) is 0 Å². The van der Waals surface area contributed by atoms with Crippen molar-refractivity contribution in [3.8, 4) is 0 Å². The minimum absolute atomic E-state index is 0.496. The molecule has 0 saturated heterocycles. The van der Waals surface area contributed by atoms with Crippen LogP contribution in [0.2, 0.25) is 0 Å². The molecule has 0 heterocycles. The molecular formula is C16H18O2S. The second-order valence-electron chi connectivity index (χ2n) is 4.69. The number of sulfone groups is 1. The van der Waals surface area contributed by atoms with Crippen molar-refractivity contribution in [1.29, 1.82) is 0 Å². The van der Waals surface area contributed by atoms with E-state index in [1.165, 1.54) is 0 Å². The molecule has 0 aromatic heterocycles. The highest BCUT2D eigenvalue weighted by atomic mass is 32.2. The van der Waals surface area contributed by atoms with E-state index < -0.39 is 20.3 Å².